The highest BCUT2D eigenvalue weighted by Crippen LogP contribution is 2.09. The van der Waals surface area contributed by atoms with Gasteiger partial charge in [-0.3, -0.25) is 0 Å². The third kappa shape index (κ3) is 15.7. The Morgan fingerprint density at radius 2 is 1.12 bits per heavy atom. The Bertz CT molecular complexity index is 146. The van der Waals surface area contributed by atoms with E-state index in [0.29, 0.717) is 0 Å². The van der Waals surface area contributed by atoms with Crippen molar-refractivity contribution in [2.24, 2.45) is 0 Å². The SMILES string of the molecule is [CH2]CCCCC/C=C/CCCCCCCCC. The molecule has 0 saturated carbocycles. The van der Waals surface area contributed by atoms with Crippen molar-refractivity contribution >= 4 is 0 Å². The fraction of sp³-hybridized carbons (Fsp3) is 0.824. The molecule has 0 rings (SSSR count). The zero-order valence-electron chi connectivity index (χ0n) is 12.1. The predicted octanol–water partition coefficient (Wildman–Crippen LogP) is 6.47. The average molecular weight is 237 g/mol. The molecule has 1 radical (unpaired) electrons. The van der Waals surface area contributed by atoms with Gasteiger partial charge in [0.05, 0.1) is 0 Å². The summed E-state index contributed by atoms with van der Waals surface area (Å²) in [6.45, 7) is 6.14. The second kappa shape index (κ2) is 15.7. The zero-order chi connectivity index (χ0) is 12.6. The van der Waals surface area contributed by atoms with Crippen LogP contribution in [-0.2, 0) is 0 Å². The van der Waals surface area contributed by atoms with Gasteiger partial charge in [0.25, 0.3) is 0 Å². The molecule has 0 nitrogen and oxygen atoms in total. The molecule has 0 N–H and O–H groups in total. The molecular weight excluding hydrogens is 204 g/mol. The second-order valence-electron chi connectivity index (χ2n) is 5.08. The van der Waals surface area contributed by atoms with E-state index in [1.165, 1.54) is 77.0 Å². The molecule has 0 aromatic carbocycles. The smallest absolute Gasteiger partial charge is 0.0351 e. The maximum atomic E-state index is 3.86. The third-order valence-corrected chi connectivity index (χ3v) is 3.26. The van der Waals surface area contributed by atoms with E-state index in [2.05, 4.69) is 26.0 Å². The highest BCUT2D eigenvalue weighted by atomic mass is 14.0. The van der Waals surface area contributed by atoms with E-state index in [9.17, 15) is 0 Å². The Labute approximate surface area is 110 Å². The van der Waals surface area contributed by atoms with Crippen molar-refractivity contribution in [1.29, 1.82) is 0 Å². The Morgan fingerprint density at radius 1 is 0.647 bits per heavy atom. The molecule has 0 saturated heterocycles. The van der Waals surface area contributed by atoms with Crippen LogP contribution >= 0.6 is 0 Å². The van der Waals surface area contributed by atoms with Gasteiger partial charge in [0, 0.05) is 0 Å². The number of allylic oxidation sites excluding steroid dienone is 2. The van der Waals surface area contributed by atoms with Crippen LogP contribution in [0.5, 0.6) is 0 Å². The van der Waals surface area contributed by atoms with Crippen LogP contribution in [0, 0.1) is 6.92 Å². The van der Waals surface area contributed by atoms with E-state index in [1.54, 1.807) is 0 Å². The molecule has 0 aliphatic heterocycles. The van der Waals surface area contributed by atoms with Gasteiger partial charge in [0.1, 0.15) is 0 Å². The Hall–Kier alpha value is -0.260. The quantitative estimate of drug-likeness (QED) is 0.254. The van der Waals surface area contributed by atoms with E-state index < -0.39 is 0 Å². The van der Waals surface area contributed by atoms with Crippen LogP contribution in [0.25, 0.3) is 0 Å². The Kier molecular flexibility index (Phi) is 15.5. The summed E-state index contributed by atoms with van der Waals surface area (Å²) in [6, 6.07) is 0. The van der Waals surface area contributed by atoms with Gasteiger partial charge in [0.15, 0.2) is 0 Å². The maximum Gasteiger partial charge on any atom is -0.0351 e. The predicted molar refractivity (Wildman–Crippen MR) is 80.2 cm³/mol. The van der Waals surface area contributed by atoms with Crippen LogP contribution in [0.1, 0.15) is 90.4 Å². The molecule has 101 valence electrons. The standard InChI is InChI=1S/C17H33/c1-3-5-7-9-11-13-15-17-16-14-12-10-8-6-4-2/h13,15H,1,3-12,14,16-17H2,2H3/b15-13+. The van der Waals surface area contributed by atoms with Crippen molar-refractivity contribution in [2.75, 3.05) is 0 Å². The van der Waals surface area contributed by atoms with Crippen LogP contribution in [0.2, 0.25) is 0 Å². The molecule has 0 aromatic heterocycles. The van der Waals surface area contributed by atoms with Gasteiger partial charge < -0.3 is 0 Å². The van der Waals surface area contributed by atoms with E-state index in [4.69, 9.17) is 0 Å². The molecule has 0 amide bonds. The molecule has 0 bridgehead atoms. The number of rotatable bonds is 13. The van der Waals surface area contributed by atoms with Crippen molar-refractivity contribution < 1.29 is 0 Å². The van der Waals surface area contributed by atoms with Gasteiger partial charge in [-0.1, -0.05) is 83.8 Å². The van der Waals surface area contributed by atoms with Gasteiger partial charge in [0.2, 0.25) is 0 Å². The highest BCUT2D eigenvalue weighted by Gasteiger charge is 1.89. The van der Waals surface area contributed by atoms with Crippen LogP contribution in [0.3, 0.4) is 0 Å². The summed E-state index contributed by atoms with van der Waals surface area (Å²) in [7, 11) is 0. The third-order valence-electron chi connectivity index (χ3n) is 3.26. The number of unbranched alkanes of at least 4 members (excludes halogenated alkanes) is 11. The fourth-order valence-corrected chi connectivity index (χ4v) is 2.07. The minimum Gasteiger partial charge on any atom is -0.0885 e. The molecule has 0 aliphatic carbocycles. The molecule has 0 atom stereocenters. The topological polar surface area (TPSA) is 0 Å². The Morgan fingerprint density at radius 3 is 1.65 bits per heavy atom. The molecular formula is C17H33. The first-order chi connectivity index (χ1) is 8.41. The average Bonchev–Trinajstić information content (AvgIpc) is 2.35. The molecule has 0 heterocycles. The largest absolute Gasteiger partial charge is 0.0885 e. The molecule has 0 aliphatic rings. The summed E-state index contributed by atoms with van der Waals surface area (Å²) >= 11 is 0. The first-order valence-corrected chi connectivity index (χ1v) is 7.86. The van der Waals surface area contributed by atoms with E-state index >= 15 is 0 Å². The lowest BCUT2D eigenvalue weighted by molar-refractivity contribution is 0.592. The van der Waals surface area contributed by atoms with Crippen molar-refractivity contribution in [3.05, 3.63) is 19.1 Å². The van der Waals surface area contributed by atoms with Crippen molar-refractivity contribution in [2.45, 2.75) is 90.4 Å². The summed E-state index contributed by atoms with van der Waals surface area (Å²) in [5, 5.41) is 0. The van der Waals surface area contributed by atoms with E-state index in [0.717, 1.165) is 6.42 Å². The van der Waals surface area contributed by atoms with Crippen LogP contribution in [-0.4, -0.2) is 0 Å². The van der Waals surface area contributed by atoms with Crippen molar-refractivity contribution in [1.82, 2.24) is 0 Å². The molecule has 17 heavy (non-hydrogen) atoms. The number of hydrogen-bond donors (Lipinski definition) is 0. The van der Waals surface area contributed by atoms with Gasteiger partial charge in [-0.15, -0.1) is 0 Å². The van der Waals surface area contributed by atoms with Gasteiger partial charge in [-0.25, -0.2) is 0 Å². The summed E-state index contributed by atoms with van der Waals surface area (Å²) in [4.78, 5) is 0. The highest BCUT2D eigenvalue weighted by molar-refractivity contribution is 4.81. The summed E-state index contributed by atoms with van der Waals surface area (Å²) in [6.07, 6.45) is 22.4. The molecule has 0 unspecified atom stereocenters. The first kappa shape index (κ1) is 16.7. The zero-order valence-corrected chi connectivity index (χ0v) is 12.1. The van der Waals surface area contributed by atoms with Crippen LogP contribution in [0.15, 0.2) is 12.2 Å². The Balaban J connectivity index is 2.99. The summed E-state index contributed by atoms with van der Waals surface area (Å²) in [5.41, 5.74) is 0. The summed E-state index contributed by atoms with van der Waals surface area (Å²) in [5.74, 6) is 0. The van der Waals surface area contributed by atoms with Crippen molar-refractivity contribution in [3.63, 3.8) is 0 Å². The van der Waals surface area contributed by atoms with Gasteiger partial charge in [-0.05, 0) is 25.7 Å². The van der Waals surface area contributed by atoms with Crippen LogP contribution in [0.4, 0.5) is 0 Å². The van der Waals surface area contributed by atoms with Crippen molar-refractivity contribution in [3.8, 4) is 0 Å². The number of hydrogen-bond acceptors (Lipinski definition) is 0. The molecule has 0 aromatic rings. The lowest BCUT2D eigenvalue weighted by Crippen LogP contribution is -1.79. The molecule has 0 spiro atoms. The normalized spacial score (nSPS) is 11.4. The summed E-state index contributed by atoms with van der Waals surface area (Å²) < 4.78 is 0. The second-order valence-corrected chi connectivity index (χ2v) is 5.08. The molecule has 0 heteroatoms. The van der Waals surface area contributed by atoms with E-state index in [1.807, 2.05) is 0 Å². The van der Waals surface area contributed by atoms with Gasteiger partial charge >= 0.3 is 0 Å². The lowest BCUT2D eigenvalue weighted by Gasteiger charge is -1.99. The molecule has 0 fully saturated rings. The van der Waals surface area contributed by atoms with Gasteiger partial charge in [-0.2, -0.15) is 0 Å². The minimum absolute atomic E-state index is 1.10. The van der Waals surface area contributed by atoms with Crippen LogP contribution < -0.4 is 0 Å². The first-order valence-electron chi connectivity index (χ1n) is 7.86. The maximum absolute atomic E-state index is 3.86. The van der Waals surface area contributed by atoms with E-state index in [-0.39, 0.29) is 0 Å². The monoisotopic (exact) mass is 237 g/mol. The minimum atomic E-state index is 1.10. The fourth-order valence-electron chi connectivity index (χ4n) is 2.07. The lowest BCUT2D eigenvalue weighted by atomic mass is 10.1.